The van der Waals surface area contributed by atoms with E-state index in [4.69, 9.17) is 0 Å². The largest absolute Gasteiger partial charge is 0.389 e. The number of nitrogens with zero attached hydrogens (tertiary/aromatic N) is 1. The van der Waals surface area contributed by atoms with Gasteiger partial charge in [0.1, 0.15) is 0 Å². The molecule has 0 radical (unpaired) electrons. The first-order valence-corrected chi connectivity index (χ1v) is 7.97. The van der Waals surface area contributed by atoms with Crippen molar-refractivity contribution in [3.63, 3.8) is 0 Å². The summed E-state index contributed by atoms with van der Waals surface area (Å²) in [7, 11) is 4.04. The van der Waals surface area contributed by atoms with Gasteiger partial charge in [-0.1, -0.05) is 33.1 Å². The van der Waals surface area contributed by atoms with Gasteiger partial charge in [0.25, 0.3) is 0 Å². The Labute approximate surface area is 123 Å². The first-order chi connectivity index (χ1) is 9.31. The van der Waals surface area contributed by atoms with Crippen molar-refractivity contribution < 1.29 is 9.90 Å². The minimum absolute atomic E-state index is 0.00176. The fourth-order valence-electron chi connectivity index (χ4n) is 3.15. The van der Waals surface area contributed by atoms with Crippen LogP contribution < -0.4 is 5.32 Å². The SMILES string of the molecule is CC(C)CC(CN(C)C)NC(=O)CC1(O)CCCCC1. The Kier molecular flexibility index (Phi) is 6.96. The van der Waals surface area contributed by atoms with Gasteiger partial charge in [-0.15, -0.1) is 0 Å². The van der Waals surface area contributed by atoms with Crippen LogP contribution in [0.25, 0.3) is 0 Å². The van der Waals surface area contributed by atoms with Crippen LogP contribution in [0.5, 0.6) is 0 Å². The maximum atomic E-state index is 12.2. The summed E-state index contributed by atoms with van der Waals surface area (Å²) < 4.78 is 0. The number of nitrogens with one attached hydrogen (secondary N) is 1. The predicted octanol–water partition coefficient (Wildman–Crippen LogP) is 2.16. The monoisotopic (exact) mass is 284 g/mol. The highest BCUT2D eigenvalue weighted by Gasteiger charge is 2.32. The molecule has 0 aromatic rings. The standard InChI is InChI=1S/C16H32N2O2/c1-13(2)10-14(12-18(3)4)17-15(19)11-16(20)8-6-5-7-9-16/h13-14,20H,5-12H2,1-4H3,(H,17,19). The molecule has 0 aliphatic heterocycles. The maximum absolute atomic E-state index is 12.2. The molecule has 0 bridgehead atoms. The molecule has 1 amide bonds. The quantitative estimate of drug-likeness (QED) is 0.753. The lowest BCUT2D eigenvalue weighted by molar-refractivity contribution is -0.128. The van der Waals surface area contributed by atoms with E-state index in [0.29, 0.717) is 5.92 Å². The van der Waals surface area contributed by atoms with Gasteiger partial charge in [0.15, 0.2) is 0 Å². The Bertz CT molecular complexity index is 287. The second kappa shape index (κ2) is 7.99. The molecular formula is C16H32N2O2. The summed E-state index contributed by atoms with van der Waals surface area (Å²) in [6.45, 7) is 5.19. The molecule has 118 valence electrons. The zero-order valence-corrected chi connectivity index (χ0v) is 13.6. The number of hydrogen-bond acceptors (Lipinski definition) is 3. The van der Waals surface area contributed by atoms with Gasteiger partial charge in [0.05, 0.1) is 12.0 Å². The summed E-state index contributed by atoms with van der Waals surface area (Å²) >= 11 is 0. The predicted molar refractivity (Wildman–Crippen MR) is 82.6 cm³/mol. The van der Waals surface area contributed by atoms with E-state index >= 15 is 0 Å². The van der Waals surface area contributed by atoms with Crippen molar-refractivity contribution in [2.75, 3.05) is 20.6 Å². The number of rotatable bonds is 7. The molecular weight excluding hydrogens is 252 g/mol. The van der Waals surface area contributed by atoms with Crippen molar-refractivity contribution >= 4 is 5.91 Å². The molecule has 1 unspecified atom stereocenters. The molecule has 4 heteroatoms. The zero-order valence-electron chi connectivity index (χ0n) is 13.6. The molecule has 0 heterocycles. The number of hydrogen-bond donors (Lipinski definition) is 2. The molecule has 1 aliphatic rings. The lowest BCUT2D eigenvalue weighted by Crippen LogP contribution is -2.46. The Morgan fingerprint density at radius 3 is 2.35 bits per heavy atom. The van der Waals surface area contributed by atoms with Gasteiger partial charge in [0.2, 0.25) is 5.91 Å². The Morgan fingerprint density at radius 2 is 1.85 bits per heavy atom. The van der Waals surface area contributed by atoms with E-state index in [2.05, 4.69) is 24.1 Å². The minimum atomic E-state index is -0.761. The highest BCUT2D eigenvalue weighted by molar-refractivity contribution is 5.77. The summed E-state index contributed by atoms with van der Waals surface area (Å²) in [5.41, 5.74) is -0.761. The third kappa shape index (κ3) is 6.71. The number of carbonyl (C=O) groups excluding carboxylic acids is 1. The van der Waals surface area contributed by atoms with Crippen molar-refractivity contribution in [2.45, 2.75) is 70.4 Å². The van der Waals surface area contributed by atoms with Crippen molar-refractivity contribution in [1.29, 1.82) is 0 Å². The van der Waals surface area contributed by atoms with E-state index in [1.165, 1.54) is 6.42 Å². The van der Waals surface area contributed by atoms with Crippen LogP contribution in [-0.4, -0.2) is 48.2 Å². The molecule has 0 aromatic carbocycles. The Hall–Kier alpha value is -0.610. The molecule has 0 aromatic heterocycles. The van der Waals surface area contributed by atoms with Crippen LogP contribution in [-0.2, 0) is 4.79 Å². The summed E-state index contributed by atoms with van der Waals surface area (Å²) in [5, 5.41) is 13.6. The van der Waals surface area contributed by atoms with Gasteiger partial charge < -0.3 is 15.3 Å². The fraction of sp³-hybridized carbons (Fsp3) is 0.938. The van der Waals surface area contributed by atoms with Crippen molar-refractivity contribution in [3.8, 4) is 0 Å². The van der Waals surface area contributed by atoms with E-state index in [0.717, 1.165) is 38.6 Å². The van der Waals surface area contributed by atoms with Gasteiger partial charge in [-0.3, -0.25) is 4.79 Å². The first-order valence-electron chi connectivity index (χ1n) is 7.97. The van der Waals surface area contributed by atoms with E-state index in [1.54, 1.807) is 0 Å². The molecule has 0 saturated heterocycles. The van der Waals surface area contributed by atoms with E-state index < -0.39 is 5.60 Å². The molecule has 2 N–H and O–H groups in total. The number of likely N-dealkylation sites (N-methyl/N-ethyl adjacent to an activating group) is 1. The summed E-state index contributed by atoms with van der Waals surface area (Å²) in [6.07, 6.45) is 6.03. The normalized spacial score (nSPS) is 20.1. The molecule has 1 saturated carbocycles. The van der Waals surface area contributed by atoms with E-state index in [9.17, 15) is 9.90 Å². The van der Waals surface area contributed by atoms with Crippen molar-refractivity contribution in [3.05, 3.63) is 0 Å². The van der Waals surface area contributed by atoms with Gasteiger partial charge in [-0.05, 0) is 39.3 Å². The van der Waals surface area contributed by atoms with Gasteiger partial charge >= 0.3 is 0 Å². The smallest absolute Gasteiger partial charge is 0.223 e. The van der Waals surface area contributed by atoms with Crippen LogP contribution in [0.1, 0.15) is 58.8 Å². The highest BCUT2D eigenvalue weighted by atomic mass is 16.3. The average Bonchev–Trinajstić information content (AvgIpc) is 2.26. The molecule has 1 aliphatic carbocycles. The van der Waals surface area contributed by atoms with Crippen molar-refractivity contribution in [1.82, 2.24) is 10.2 Å². The number of amides is 1. The van der Waals surface area contributed by atoms with Crippen LogP contribution in [0, 0.1) is 5.92 Å². The third-order valence-corrected chi connectivity index (χ3v) is 3.98. The lowest BCUT2D eigenvalue weighted by atomic mass is 9.82. The van der Waals surface area contributed by atoms with Gasteiger partial charge in [0, 0.05) is 12.6 Å². The van der Waals surface area contributed by atoms with Gasteiger partial charge in [-0.25, -0.2) is 0 Å². The lowest BCUT2D eigenvalue weighted by Gasteiger charge is -2.32. The molecule has 1 rings (SSSR count). The second-order valence-electron chi connectivity index (χ2n) is 7.12. The fourth-order valence-corrected chi connectivity index (χ4v) is 3.15. The molecule has 1 fully saturated rings. The van der Waals surface area contributed by atoms with Crippen LogP contribution in [0.3, 0.4) is 0 Å². The van der Waals surface area contributed by atoms with Crippen LogP contribution >= 0.6 is 0 Å². The Balaban J connectivity index is 2.47. The number of aliphatic hydroxyl groups is 1. The maximum Gasteiger partial charge on any atom is 0.223 e. The molecule has 1 atom stereocenters. The van der Waals surface area contributed by atoms with Crippen molar-refractivity contribution in [2.24, 2.45) is 5.92 Å². The zero-order chi connectivity index (χ0) is 15.2. The topological polar surface area (TPSA) is 52.6 Å². The second-order valence-corrected chi connectivity index (χ2v) is 7.12. The Morgan fingerprint density at radius 1 is 1.25 bits per heavy atom. The molecule has 20 heavy (non-hydrogen) atoms. The van der Waals surface area contributed by atoms with Crippen LogP contribution in [0.15, 0.2) is 0 Å². The molecule has 0 spiro atoms. The average molecular weight is 284 g/mol. The summed E-state index contributed by atoms with van der Waals surface area (Å²) in [5.74, 6) is 0.555. The van der Waals surface area contributed by atoms with Crippen LogP contribution in [0.2, 0.25) is 0 Å². The summed E-state index contributed by atoms with van der Waals surface area (Å²) in [6, 6.07) is 0.171. The summed E-state index contributed by atoms with van der Waals surface area (Å²) in [4.78, 5) is 14.3. The van der Waals surface area contributed by atoms with E-state index in [1.807, 2.05) is 14.1 Å². The van der Waals surface area contributed by atoms with Crippen LogP contribution in [0.4, 0.5) is 0 Å². The first kappa shape index (κ1) is 17.4. The van der Waals surface area contributed by atoms with Gasteiger partial charge in [-0.2, -0.15) is 0 Å². The minimum Gasteiger partial charge on any atom is -0.389 e. The number of carbonyl (C=O) groups is 1. The molecule has 4 nitrogen and oxygen atoms in total. The highest BCUT2D eigenvalue weighted by Crippen LogP contribution is 2.30. The van der Waals surface area contributed by atoms with E-state index in [-0.39, 0.29) is 18.4 Å². The third-order valence-electron chi connectivity index (χ3n) is 3.98.